The van der Waals surface area contributed by atoms with E-state index < -0.39 is 27.3 Å². The van der Waals surface area contributed by atoms with Gasteiger partial charge in [0.25, 0.3) is 5.91 Å². The lowest BCUT2D eigenvalue weighted by Crippen LogP contribution is -2.49. The predicted molar refractivity (Wildman–Crippen MR) is 168 cm³/mol. The van der Waals surface area contributed by atoms with Gasteiger partial charge in [0, 0.05) is 29.1 Å². The summed E-state index contributed by atoms with van der Waals surface area (Å²) in [4.78, 5) is 15.8. The van der Waals surface area contributed by atoms with Crippen LogP contribution in [0.25, 0.3) is 0 Å². The summed E-state index contributed by atoms with van der Waals surface area (Å²) in [6.07, 6.45) is 11.8. The Morgan fingerprint density at radius 1 is 1.09 bits per heavy atom. The van der Waals surface area contributed by atoms with Crippen LogP contribution in [0.15, 0.2) is 48.6 Å². The first-order chi connectivity index (χ1) is 20.7. The van der Waals surface area contributed by atoms with Crippen LogP contribution in [0.2, 0.25) is 5.02 Å². The number of aryl methyl sites for hydroxylation is 1. The van der Waals surface area contributed by atoms with Crippen molar-refractivity contribution in [3.05, 3.63) is 70.3 Å². The van der Waals surface area contributed by atoms with E-state index in [0.717, 1.165) is 62.2 Å². The molecule has 2 heterocycles. The second-order valence-corrected chi connectivity index (χ2v) is 16.0. The van der Waals surface area contributed by atoms with E-state index in [-0.39, 0.29) is 11.3 Å². The Balaban J connectivity index is 1.27. The molecule has 0 aromatic heterocycles. The third-order valence-electron chi connectivity index (χ3n) is 10.6. The standard InChI is InChI=1S/C34H41ClN2O5S/c35-26-11-13-29-23(17-26)4-3-15-34(29)20-37-19-25-9-12-28(25)31(38)6-2-1-5-27(16-22-7-8-22)43(40,41)36-33(39)24-10-14-32(42-21-34)30(37)18-24/h2,6,10-11,13-14,17-18,22,25,27-28,31,38H,1,3-5,7-9,12,15-16,19-21H2,(H,36,39)/b6-2+/t25-,27-,28+,31-,34-/m0/s1. The van der Waals surface area contributed by atoms with Crippen molar-refractivity contribution < 1.29 is 23.1 Å². The summed E-state index contributed by atoms with van der Waals surface area (Å²) in [5.41, 5.74) is 3.39. The van der Waals surface area contributed by atoms with Gasteiger partial charge in [-0.15, -0.1) is 0 Å². The third-order valence-corrected chi connectivity index (χ3v) is 12.6. The number of fused-ring (bicyclic) bond motifs is 4. The molecule has 2 fully saturated rings. The van der Waals surface area contributed by atoms with E-state index in [1.807, 2.05) is 24.3 Å². The highest BCUT2D eigenvalue weighted by Crippen LogP contribution is 2.47. The molecule has 1 amide bonds. The van der Waals surface area contributed by atoms with Crippen molar-refractivity contribution in [3.63, 3.8) is 0 Å². The number of anilines is 1. The molecule has 1 spiro atoms. The summed E-state index contributed by atoms with van der Waals surface area (Å²) in [6.45, 7) is 1.94. The molecule has 7 nitrogen and oxygen atoms in total. The van der Waals surface area contributed by atoms with Gasteiger partial charge in [0.1, 0.15) is 5.75 Å². The van der Waals surface area contributed by atoms with E-state index in [0.29, 0.717) is 55.6 Å². The quantitative estimate of drug-likeness (QED) is 0.412. The molecule has 2 saturated carbocycles. The molecule has 0 saturated heterocycles. The number of carbonyl (C=O) groups is 1. The number of amides is 1. The number of nitrogens with zero attached hydrogens (tertiary/aromatic N) is 1. The number of allylic oxidation sites excluding steroid dienone is 1. The lowest BCUT2D eigenvalue weighted by Gasteiger charge is -2.45. The Hall–Kier alpha value is -2.55. The van der Waals surface area contributed by atoms with Crippen molar-refractivity contribution in [3.8, 4) is 5.75 Å². The third kappa shape index (κ3) is 5.83. The first-order valence-electron chi connectivity index (χ1n) is 15.9. The van der Waals surface area contributed by atoms with Crippen molar-refractivity contribution in [2.24, 2.45) is 17.8 Å². The molecular formula is C34H41ClN2O5S. The highest BCUT2D eigenvalue weighted by molar-refractivity contribution is 7.90. The van der Waals surface area contributed by atoms with Gasteiger partial charge in [-0.1, -0.05) is 42.7 Å². The molecule has 9 heteroatoms. The monoisotopic (exact) mass is 624 g/mol. The minimum atomic E-state index is -3.88. The summed E-state index contributed by atoms with van der Waals surface area (Å²) in [7, 11) is -3.88. The lowest BCUT2D eigenvalue weighted by molar-refractivity contribution is 0.0456. The second-order valence-electron chi connectivity index (χ2n) is 13.6. The Labute approximate surface area is 259 Å². The van der Waals surface area contributed by atoms with Crippen LogP contribution in [0.5, 0.6) is 5.75 Å². The number of sulfonamides is 1. The number of carbonyl (C=O) groups excluding carboxylic acids is 1. The minimum absolute atomic E-state index is 0.141. The first kappa shape index (κ1) is 29.2. The normalized spacial score (nSPS) is 32.8. The van der Waals surface area contributed by atoms with E-state index in [9.17, 15) is 18.3 Å². The average Bonchev–Trinajstić information content (AvgIpc) is 3.79. The van der Waals surface area contributed by atoms with Crippen molar-refractivity contribution in [1.29, 1.82) is 0 Å². The molecule has 5 aliphatic rings. The fourth-order valence-corrected chi connectivity index (χ4v) is 9.58. The van der Waals surface area contributed by atoms with Gasteiger partial charge in [0.2, 0.25) is 10.0 Å². The van der Waals surface area contributed by atoms with Crippen LogP contribution < -0.4 is 14.4 Å². The summed E-state index contributed by atoms with van der Waals surface area (Å²) in [5, 5.41) is 11.3. The van der Waals surface area contributed by atoms with Gasteiger partial charge in [0.05, 0.1) is 23.6 Å². The summed E-state index contributed by atoms with van der Waals surface area (Å²) in [6, 6.07) is 11.5. The zero-order valence-corrected chi connectivity index (χ0v) is 26.1. The number of hydrogen-bond donors (Lipinski definition) is 2. The van der Waals surface area contributed by atoms with Gasteiger partial charge < -0.3 is 14.7 Å². The number of nitrogens with one attached hydrogen (secondary N) is 1. The molecule has 230 valence electrons. The molecule has 2 aromatic rings. The summed E-state index contributed by atoms with van der Waals surface area (Å²) < 4.78 is 35.9. The zero-order valence-electron chi connectivity index (χ0n) is 24.5. The number of ether oxygens (including phenoxy) is 1. The van der Waals surface area contributed by atoms with E-state index in [1.165, 1.54) is 11.1 Å². The number of benzene rings is 2. The van der Waals surface area contributed by atoms with Gasteiger partial charge in [-0.05, 0) is 111 Å². The number of halogens is 1. The molecule has 43 heavy (non-hydrogen) atoms. The average molecular weight is 625 g/mol. The molecule has 2 aromatic carbocycles. The molecule has 2 bridgehead atoms. The first-order valence-corrected chi connectivity index (χ1v) is 17.8. The van der Waals surface area contributed by atoms with E-state index in [2.05, 4.69) is 21.8 Å². The highest BCUT2D eigenvalue weighted by atomic mass is 35.5. The van der Waals surface area contributed by atoms with Crippen LogP contribution in [0, 0.1) is 17.8 Å². The van der Waals surface area contributed by atoms with Crippen molar-refractivity contribution in [1.82, 2.24) is 4.72 Å². The maximum Gasteiger partial charge on any atom is 0.264 e. The van der Waals surface area contributed by atoms with Crippen molar-refractivity contribution in [2.45, 2.75) is 81.0 Å². The van der Waals surface area contributed by atoms with Crippen LogP contribution in [0.3, 0.4) is 0 Å². The number of rotatable bonds is 2. The van der Waals surface area contributed by atoms with Gasteiger partial charge in [0.15, 0.2) is 0 Å². The molecule has 0 unspecified atom stereocenters. The molecule has 5 atom stereocenters. The number of aliphatic hydroxyl groups is 1. The fraction of sp³-hybridized carbons (Fsp3) is 0.559. The van der Waals surface area contributed by atoms with Crippen molar-refractivity contribution in [2.75, 3.05) is 24.6 Å². The van der Waals surface area contributed by atoms with E-state index >= 15 is 0 Å². The van der Waals surface area contributed by atoms with Gasteiger partial charge in [-0.3, -0.25) is 4.79 Å². The number of aliphatic hydroxyl groups excluding tert-OH is 1. The van der Waals surface area contributed by atoms with Crippen LogP contribution in [0.4, 0.5) is 5.69 Å². The van der Waals surface area contributed by atoms with Crippen LogP contribution in [-0.2, 0) is 21.9 Å². The van der Waals surface area contributed by atoms with Crippen LogP contribution >= 0.6 is 11.6 Å². The van der Waals surface area contributed by atoms with E-state index in [1.54, 1.807) is 12.1 Å². The Morgan fingerprint density at radius 3 is 2.74 bits per heavy atom. The van der Waals surface area contributed by atoms with Crippen molar-refractivity contribution >= 4 is 33.2 Å². The van der Waals surface area contributed by atoms with E-state index in [4.69, 9.17) is 16.3 Å². The van der Waals surface area contributed by atoms with Gasteiger partial charge in [-0.2, -0.15) is 0 Å². The topological polar surface area (TPSA) is 95.9 Å². The Bertz CT molecular complexity index is 1540. The van der Waals surface area contributed by atoms with Gasteiger partial charge >= 0.3 is 0 Å². The second kappa shape index (κ2) is 11.4. The molecule has 2 N–H and O–H groups in total. The minimum Gasteiger partial charge on any atom is -0.490 e. The SMILES string of the molecule is O=C1NS(=O)(=O)[C@H](CC2CC2)CC/C=C/[C@H](O)[C@@H]2CC[C@H]2CN2C[C@@]3(CCCc4cc(Cl)ccc43)COc3ccc1cc32. The summed E-state index contributed by atoms with van der Waals surface area (Å²) >= 11 is 6.40. The van der Waals surface area contributed by atoms with Crippen LogP contribution in [-0.4, -0.2) is 50.5 Å². The predicted octanol–water partition coefficient (Wildman–Crippen LogP) is 5.78. The molecule has 0 radical (unpaired) electrons. The Kier molecular flexibility index (Phi) is 7.75. The van der Waals surface area contributed by atoms with Gasteiger partial charge in [-0.25, -0.2) is 13.1 Å². The lowest BCUT2D eigenvalue weighted by atomic mass is 9.68. The maximum atomic E-state index is 13.5. The smallest absolute Gasteiger partial charge is 0.264 e. The van der Waals surface area contributed by atoms with Crippen LogP contribution in [0.1, 0.15) is 79.3 Å². The highest BCUT2D eigenvalue weighted by Gasteiger charge is 2.44. The molecular weight excluding hydrogens is 584 g/mol. The maximum absolute atomic E-state index is 13.5. The Morgan fingerprint density at radius 2 is 1.95 bits per heavy atom. The molecule has 7 rings (SSSR count). The zero-order chi connectivity index (χ0) is 29.8. The molecule has 2 aliphatic heterocycles. The summed E-state index contributed by atoms with van der Waals surface area (Å²) in [5.74, 6) is 0.937. The fourth-order valence-electron chi connectivity index (χ4n) is 7.87. The molecule has 3 aliphatic carbocycles. The number of hydrogen-bond acceptors (Lipinski definition) is 6. The largest absolute Gasteiger partial charge is 0.490 e.